The van der Waals surface area contributed by atoms with Gasteiger partial charge in [-0.25, -0.2) is 0 Å². The summed E-state index contributed by atoms with van der Waals surface area (Å²) in [5.41, 5.74) is 0. The fraction of sp³-hybridized carbons (Fsp3) is 0.846. The third-order valence-corrected chi connectivity index (χ3v) is 17.2. The molecule has 13 heteroatoms. The van der Waals surface area contributed by atoms with Crippen molar-refractivity contribution in [3.05, 3.63) is 0 Å². The minimum absolute atomic E-state index is 0. The zero-order valence-electron chi connectivity index (χ0n) is 24.4. The molecular formula is C26H56O10Si3. The molecule has 0 aliphatic heterocycles. The van der Waals surface area contributed by atoms with Crippen molar-refractivity contribution >= 4 is 49.4 Å². The molecule has 232 valence electrons. The van der Waals surface area contributed by atoms with Crippen molar-refractivity contribution < 1.29 is 46.5 Å². The molecule has 10 nitrogen and oxygen atoms in total. The minimum atomic E-state index is -2.24. The van der Waals surface area contributed by atoms with Crippen molar-refractivity contribution in [2.75, 3.05) is 14.2 Å². The van der Waals surface area contributed by atoms with Crippen LogP contribution in [0.3, 0.4) is 0 Å². The summed E-state index contributed by atoms with van der Waals surface area (Å²) in [6, 6.07) is 2.09. The number of hydrogen-bond donors (Lipinski definition) is 0. The zero-order valence-corrected chi connectivity index (χ0v) is 27.4. The molecule has 0 rings (SSSR count). The highest BCUT2D eigenvalue weighted by Crippen LogP contribution is 2.28. The Morgan fingerprint density at radius 3 is 1.46 bits per heavy atom. The van der Waals surface area contributed by atoms with E-state index in [2.05, 4.69) is 53.1 Å². The maximum atomic E-state index is 12.0. The molecule has 0 aromatic carbocycles. The number of ether oxygens (including phenoxy) is 2. The van der Waals surface area contributed by atoms with Crippen molar-refractivity contribution in [3.63, 3.8) is 0 Å². The van der Waals surface area contributed by atoms with Gasteiger partial charge in [-0.15, -0.1) is 0 Å². The van der Waals surface area contributed by atoms with Crippen molar-refractivity contribution in [1.29, 1.82) is 0 Å². The van der Waals surface area contributed by atoms with Gasteiger partial charge in [0.15, 0.2) is 16.6 Å². The lowest BCUT2D eigenvalue weighted by molar-refractivity contribution is -0.193. The van der Waals surface area contributed by atoms with Gasteiger partial charge in [0.05, 0.1) is 26.6 Å². The van der Waals surface area contributed by atoms with Crippen LogP contribution < -0.4 is 0 Å². The molecule has 0 N–H and O–H groups in total. The Morgan fingerprint density at radius 2 is 1.13 bits per heavy atom. The normalized spacial score (nSPS) is 12.2. The van der Waals surface area contributed by atoms with Crippen molar-refractivity contribution in [2.45, 2.75) is 119 Å². The van der Waals surface area contributed by atoms with E-state index >= 15 is 0 Å². The molecule has 0 bridgehead atoms. The largest absolute Gasteiger partial charge is 0.469 e. The van der Waals surface area contributed by atoms with Crippen LogP contribution in [-0.4, -0.2) is 63.7 Å². The van der Waals surface area contributed by atoms with Crippen molar-refractivity contribution in [3.8, 4) is 0 Å². The predicted molar refractivity (Wildman–Crippen MR) is 158 cm³/mol. The van der Waals surface area contributed by atoms with Gasteiger partial charge in [-0.05, 0) is 63.7 Å². The second-order valence-corrected chi connectivity index (χ2v) is 23.1. The summed E-state index contributed by atoms with van der Waals surface area (Å²) in [6.07, 6.45) is 5.71. The Kier molecular flexibility index (Phi) is 30.5. The molecule has 2 unspecified atom stereocenters. The number of methoxy groups -OCH3 is 2. The summed E-state index contributed by atoms with van der Waals surface area (Å²) >= 11 is 0. The maximum absolute atomic E-state index is 12.0. The minimum Gasteiger partial charge on any atom is -0.469 e. The molecule has 0 amide bonds. The topological polar surface area (TPSA) is 139 Å². The number of esters is 2. The van der Waals surface area contributed by atoms with Crippen LogP contribution >= 0.6 is 0 Å². The molecular weight excluding hydrogens is 557 g/mol. The lowest BCUT2D eigenvalue weighted by Crippen LogP contribution is -2.52. The molecule has 0 fully saturated rings. The number of carbonyl (C=O) groups is 2. The van der Waals surface area contributed by atoms with Crippen molar-refractivity contribution in [2.24, 2.45) is 11.8 Å². The summed E-state index contributed by atoms with van der Waals surface area (Å²) in [7, 11) is -3.27. The fourth-order valence-corrected chi connectivity index (χ4v) is 18.2. The lowest BCUT2D eigenvalue weighted by atomic mass is 10.0. The van der Waals surface area contributed by atoms with Gasteiger partial charge >= 0.3 is 32.8 Å². The zero-order chi connectivity index (χ0) is 29.7. The average Bonchev–Trinajstić information content (AvgIpc) is 2.76. The molecule has 0 aromatic heterocycles. The van der Waals surface area contributed by atoms with E-state index in [4.69, 9.17) is 36.9 Å². The third-order valence-electron chi connectivity index (χ3n) is 5.72. The smallest absolute Gasteiger partial charge is 0.373 e. The van der Waals surface area contributed by atoms with Crippen LogP contribution in [-0.2, 0) is 46.5 Å². The maximum Gasteiger partial charge on any atom is 0.373 e. The van der Waals surface area contributed by atoms with Crippen LogP contribution in [0.1, 0.15) is 67.2 Å². The van der Waals surface area contributed by atoms with E-state index < -0.39 is 31.1 Å². The monoisotopic (exact) mass is 612 g/mol. The Bertz CT molecular complexity index is 703. The van der Waals surface area contributed by atoms with Crippen molar-refractivity contribution in [1.82, 2.24) is 0 Å². The van der Waals surface area contributed by atoms with Gasteiger partial charge in [0.1, 0.15) is 0 Å². The molecule has 0 aromatic rings. The molecule has 2 atom stereocenters. The molecule has 0 radical (unpaired) electrons. The van der Waals surface area contributed by atoms with Crippen LogP contribution in [0, 0.1) is 11.8 Å². The standard InChI is InChI=1S/C22H48O6Si3.2CO2.2CH4/c1-11-19(2)14-12-16-29(5,6)27-31(9,10)28-30(7,8)17-13-15-20(22(24)26-4)18-21(23)25-3;2*2-1-3;;/h19-20H,11-18H2,1-10H3;;;2*1H4. The lowest BCUT2D eigenvalue weighted by Gasteiger charge is -2.39. The third kappa shape index (κ3) is 29.1. The van der Waals surface area contributed by atoms with Gasteiger partial charge < -0.3 is 17.7 Å². The molecule has 0 aliphatic carbocycles. The van der Waals surface area contributed by atoms with Gasteiger partial charge in [0.2, 0.25) is 0 Å². The van der Waals surface area contributed by atoms with Crippen LogP contribution in [0.4, 0.5) is 0 Å². The van der Waals surface area contributed by atoms with Crippen LogP contribution in [0.5, 0.6) is 0 Å². The van der Waals surface area contributed by atoms with E-state index in [-0.39, 0.29) is 45.5 Å². The second-order valence-electron chi connectivity index (χ2n) is 10.6. The van der Waals surface area contributed by atoms with Gasteiger partial charge in [-0.1, -0.05) is 54.4 Å². The van der Waals surface area contributed by atoms with Gasteiger partial charge in [-0.3, -0.25) is 9.59 Å². The van der Waals surface area contributed by atoms with E-state index in [0.717, 1.165) is 18.4 Å². The quantitative estimate of drug-likeness (QED) is 0.146. The highest BCUT2D eigenvalue weighted by Gasteiger charge is 2.39. The summed E-state index contributed by atoms with van der Waals surface area (Å²) < 4.78 is 22.9. The molecule has 0 spiro atoms. The predicted octanol–water partition coefficient (Wildman–Crippen LogP) is 6.20. The first-order chi connectivity index (χ1) is 17.0. The SMILES string of the molecule is C.C.CCC(C)CCC[Si](C)(C)O[Si](C)(C)O[Si](C)(C)CCCC(CC(=O)OC)C(=O)OC.O=C=O.O=C=O. The second kappa shape index (κ2) is 25.3. The van der Waals surface area contributed by atoms with E-state index in [1.165, 1.54) is 39.5 Å². The first-order valence-electron chi connectivity index (χ1n) is 12.5. The summed E-state index contributed by atoms with van der Waals surface area (Å²) in [5.74, 6) is -0.411. The first kappa shape index (κ1) is 47.1. The van der Waals surface area contributed by atoms with Gasteiger partial charge in [0.25, 0.3) is 0 Å². The van der Waals surface area contributed by atoms with Crippen LogP contribution in [0.15, 0.2) is 0 Å². The Labute approximate surface area is 240 Å². The van der Waals surface area contributed by atoms with E-state index in [1.54, 1.807) is 0 Å². The Balaban J connectivity index is -0.000000438. The number of carbonyl (C=O) groups excluding carboxylic acids is 6. The van der Waals surface area contributed by atoms with Crippen LogP contribution in [0.2, 0.25) is 51.4 Å². The van der Waals surface area contributed by atoms with E-state index in [1.807, 2.05) is 0 Å². The number of rotatable bonds is 16. The highest BCUT2D eigenvalue weighted by molar-refractivity contribution is 6.87. The van der Waals surface area contributed by atoms with Crippen LogP contribution in [0.25, 0.3) is 0 Å². The number of hydrogen-bond acceptors (Lipinski definition) is 10. The average molecular weight is 613 g/mol. The highest BCUT2D eigenvalue weighted by atomic mass is 28.5. The summed E-state index contributed by atoms with van der Waals surface area (Å²) in [5, 5.41) is 0. The molecule has 39 heavy (non-hydrogen) atoms. The van der Waals surface area contributed by atoms with Gasteiger partial charge in [0, 0.05) is 0 Å². The molecule has 0 saturated heterocycles. The van der Waals surface area contributed by atoms with E-state index in [0.29, 0.717) is 6.42 Å². The Morgan fingerprint density at radius 1 is 0.744 bits per heavy atom. The Hall–Kier alpha value is -1.73. The molecule has 0 heterocycles. The summed E-state index contributed by atoms with van der Waals surface area (Å²) in [4.78, 5) is 56.1. The first-order valence-corrected chi connectivity index (χ1v) is 21.6. The molecule has 0 aliphatic rings. The summed E-state index contributed by atoms with van der Waals surface area (Å²) in [6.45, 7) is 18.0. The van der Waals surface area contributed by atoms with E-state index in [9.17, 15) is 9.59 Å². The fourth-order valence-electron chi connectivity index (χ4n) is 4.06. The molecule has 0 saturated carbocycles. The van der Waals surface area contributed by atoms with Gasteiger partial charge in [-0.2, -0.15) is 19.2 Å².